The molecule has 0 saturated carbocycles. The Hall–Kier alpha value is -1.95. The molecule has 0 fully saturated rings. The second kappa shape index (κ2) is 5.58. The molecule has 1 nitrogen and oxygen atoms in total. The van der Waals surface area contributed by atoms with Crippen LogP contribution >= 0.6 is 11.6 Å². The van der Waals surface area contributed by atoms with Crippen LogP contribution in [-0.4, -0.2) is 6.21 Å². The zero-order valence-electron chi connectivity index (χ0n) is 9.60. The van der Waals surface area contributed by atoms with Crippen LogP contribution in [0.1, 0.15) is 5.56 Å². The molecule has 2 aromatic rings. The lowest BCUT2D eigenvalue weighted by Gasteiger charge is -2.04. The van der Waals surface area contributed by atoms with Crippen molar-refractivity contribution < 1.29 is 22.0 Å². The minimum absolute atomic E-state index is 0.222. The maximum absolute atomic E-state index is 13.3. The van der Waals surface area contributed by atoms with Gasteiger partial charge in [0.15, 0.2) is 23.3 Å². The normalized spacial score (nSPS) is 11.3. The molecule has 104 valence electrons. The predicted molar refractivity (Wildman–Crippen MR) is 64.9 cm³/mol. The number of nitrogens with zero attached hydrogens (tertiary/aromatic N) is 1. The summed E-state index contributed by atoms with van der Waals surface area (Å²) in [5.74, 6) is -10.3. The molecule has 0 amide bonds. The summed E-state index contributed by atoms with van der Waals surface area (Å²) in [5, 5.41) is 0.222. The fourth-order valence-corrected chi connectivity index (χ4v) is 1.61. The summed E-state index contributed by atoms with van der Waals surface area (Å²) in [6.45, 7) is 0. The highest BCUT2D eigenvalue weighted by molar-refractivity contribution is 6.33. The Bertz CT molecular complexity index is 670. The number of rotatable bonds is 2. The van der Waals surface area contributed by atoms with Gasteiger partial charge in [0.2, 0.25) is 5.82 Å². The molecule has 20 heavy (non-hydrogen) atoms. The zero-order chi connectivity index (χ0) is 14.9. The van der Waals surface area contributed by atoms with Crippen LogP contribution in [0, 0.1) is 29.1 Å². The molecule has 0 aliphatic rings. The van der Waals surface area contributed by atoms with Gasteiger partial charge < -0.3 is 0 Å². The van der Waals surface area contributed by atoms with Crippen LogP contribution in [0.3, 0.4) is 0 Å². The van der Waals surface area contributed by atoms with Crippen LogP contribution in [0.5, 0.6) is 0 Å². The fourth-order valence-electron chi connectivity index (χ4n) is 1.42. The lowest BCUT2D eigenvalue weighted by molar-refractivity contribution is 0.381. The van der Waals surface area contributed by atoms with Crippen LogP contribution in [0.15, 0.2) is 29.3 Å². The number of benzene rings is 2. The van der Waals surface area contributed by atoms with E-state index in [4.69, 9.17) is 11.6 Å². The third kappa shape index (κ3) is 2.51. The van der Waals surface area contributed by atoms with Gasteiger partial charge in [-0.15, -0.1) is 0 Å². The Labute approximate surface area is 115 Å². The van der Waals surface area contributed by atoms with E-state index in [9.17, 15) is 22.0 Å². The zero-order valence-corrected chi connectivity index (χ0v) is 10.4. The molecule has 0 unspecified atom stereocenters. The standard InChI is InChI=1S/C13H5ClF5N/c14-7-4-2-1-3-6(7)5-20-13-11(18)9(16)8(15)10(17)12(13)19/h1-5H. The van der Waals surface area contributed by atoms with Gasteiger partial charge in [-0.2, -0.15) is 0 Å². The smallest absolute Gasteiger partial charge is 0.200 e. The molecule has 2 rings (SSSR count). The van der Waals surface area contributed by atoms with Gasteiger partial charge in [0.1, 0.15) is 5.69 Å². The van der Waals surface area contributed by atoms with Crippen LogP contribution < -0.4 is 0 Å². The summed E-state index contributed by atoms with van der Waals surface area (Å²) in [6.07, 6.45) is 0.917. The summed E-state index contributed by atoms with van der Waals surface area (Å²) >= 11 is 5.77. The highest BCUT2D eigenvalue weighted by atomic mass is 35.5. The van der Waals surface area contributed by atoms with Crippen molar-refractivity contribution in [2.75, 3.05) is 0 Å². The second-order valence-electron chi connectivity index (χ2n) is 3.70. The molecule has 0 aliphatic carbocycles. The Morgan fingerprint density at radius 2 is 1.30 bits per heavy atom. The quantitative estimate of drug-likeness (QED) is 0.327. The summed E-state index contributed by atoms with van der Waals surface area (Å²) < 4.78 is 65.4. The van der Waals surface area contributed by atoms with Gasteiger partial charge in [-0.25, -0.2) is 26.9 Å². The topological polar surface area (TPSA) is 12.4 Å². The third-order valence-corrected chi connectivity index (χ3v) is 2.77. The fraction of sp³-hybridized carbons (Fsp3) is 0. The molecule has 0 aliphatic heterocycles. The van der Waals surface area contributed by atoms with Crippen molar-refractivity contribution in [2.45, 2.75) is 0 Å². The van der Waals surface area contributed by atoms with Crippen molar-refractivity contribution >= 4 is 23.5 Å². The van der Waals surface area contributed by atoms with Gasteiger partial charge in [-0.05, 0) is 6.07 Å². The Morgan fingerprint density at radius 1 is 0.800 bits per heavy atom. The highest BCUT2D eigenvalue weighted by Gasteiger charge is 2.25. The molecule has 0 spiro atoms. The molecule has 0 atom stereocenters. The lowest BCUT2D eigenvalue weighted by Crippen LogP contribution is -2.00. The molecule has 0 aromatic heterocycles. The maximum atomic E-state index is 13.3. The van der Waals surface area contributed by atoms with E-state index in [0.717, 1.165) is 6.21 Å². The van der Waals surface area contributed by atoms with Crippen LogP contribution in [-0.2, 0) is 0 Å². The summed E-state index contributed by atoms with van der Waals surface area (Å²) in [5.41, 5.74) is -0.987. The molecule has 7 heteroatoms. The van der Waals surface area contributed by atoms with Gasteiger partial charge in [-0.3, -0.25) is 0 Å². The highest BCUT2D eigenvalue weighted by Crippen LogP contribution is 2.29. The summed E-state index contributed by atoms with van der Waals surface area (Å²) in [6, 6.07) is 6.14. The van der Waals surface area contributed by atoms with E-state index in [2.05, 4.69) is 4.99 Å². The Balaban J connectivity index is 2.53. The SMILES string of the molecule is Fc1c(F)c(F)c(N=Cc2ccccc2Cl)c(F)c1F. The lowest BCUT2D eigenvalue weighted by atomic mass is 10.2. The average Bonchev–Trinajstić information content (AvgIpc) is 2.45. The van der Waals surface area contributed by atoms with Crippen molar-refractivity contribution in [1.82, 2.24) is 0 Å². The predicted octanol–water partition coefficient (Wildman–Crippen LogP) is 4.79. The molecular weight excluding hydrogens is 301 g/mol. The second-order valence-corrected chi connectivity index (χ2v) is 4.11. The molecular formula is C13H5ClF5N. The molecule has 0 radical (unpaired) electrons. The molecule has 0 bridgehead atoms. The van der Waals surface area contributed by atoms with E-state index in [0.29, 0.717) is 0 Å². The number of hydrogen-bond acceptors (Lipinski definition) is 1. The van der Waals surface area contributed by atoms with Gasteiger partial charge in [0.25, 0.3) is 0 Å². The van der Waals surface area contributed by atoms with Gasteiger partial charge in [0, 0.05) is 16.8 Å². The first-order valence-corrected chi connectivity index (χ1v) is 5.61. The third-order valence-electron chi connectivity index (χ3n) is 2.42. The molecule has 2 aromatic carbocycles. The number of aliphatic imine (C=N–C) groups is 1. The first-order chi connectivity index (χ1) is 9.43. The molecule has 0 saturated heterocycles. The van der Waals surface area contributed by atoms with E-state index in [1.165, 1.54) is 12.1 Å². The van der Waals surface area contributed by atoms with Crippen molar-refractivity contribution in [3.05, 3.63) is 63.9 Å². The van der Waals surface area contributed by atoms with E-state index >= 15 is 0 Å². The Morgan fingerprint density at radius 3 is 1.85 bits per heavy atom. The van der Waals surface area contributed by atoms with Gasteiger partial charge in [0.05, 0.1) is 0 Å². The van der Waals surface area contributed by atoms with E-state index < -0.39 is 34.8 Å². The molecule has 0 N–H and O–H groups in total. The maximum Gasteiger partial charge on any atom is 0.200 e. The first-order valence-electron chi connectivity index (χ1n) is 5.23. The monoisotopic (exact) mass is 305 g/mol. The van der Waals surface area contributed by atoms with Crippen molar-refractivity contribution in [3.63, 3.8) is 0 Å². The number of halogens is 6. The average molecular weight is 306 g/mol. The minimum Gasteiger partial charge on any atom is -0.250 e. The van der Waals surface area contributed by atoms with Gasteiger partial charge >= 0.3 is 0 Å². The van der Waals surface area contributed by atoms with Crippen molar-refractivity contribution in [3.8, 4) is 0 Å². The van der Waals surface area contributed by atoms with Crippen LogP contribution in [0.2, 0.25) is 5.02 Å². The summed E-state index contributed by atoms with van der Waals surface area (Å²) in [4.78, 5) is 3.29. The van der Waals surface area contributed by atoms with Crippen LogP contribution in [0.4, 0.5) is 27.6 Å². The summed E-state index contributed by atoms with van der Waals surface area (Å²) in [7, 11) is 0. The largest absolute Gasteiger partial charge is 0.250 e. The van der Waals surface area contributed by atoms with E-state index in [-0.39, 0.29) is 10.6 Å². The van der Waals surface area contributed by atoms with Crippen LogP contribution in [0.25, 0.3) is 0 Å². The minimum atomic E-state index is -2.23. The molecule has 0 heterocycles. The van der Waals surface area contributed by atoms with Crippen molar-refractivity contribution in [2.24, 2.45) is 4.99 Å². The van der Waals surface area contributed by atoms with Crippen molar-refractivity contribution in [1.29, 1.82) is 0 Å². The number of hydrogen-bond donors (Lipinski definition) is 0. The van der Waals surface area contributed by atoms with Gasteiger partial charge in [-0.1, -0.05) is 29.8 Å². The Kier molecular flexibility index (Phi) is 4.04. The van der Waals surface area contributed by atoms with E-state index in [1.807, 2.05) is 0 Å². The van der Waals surface area contributed by atoms with E-state index in [1.54, 1.807) is 12.1 Å². The first kappa shape index (κ1) is 14.5.